The topological polar surface area (TPSA) is 104 Å². The molecule has 0 aliphatic heterocycles. The number of halogens is 3. The fraction of sp³-hybridized carbons (Fsp3) is 0.483. The van der Waals surface area contributed by atoms with Crippen LogP contribution >= 0.6 is 0 Å². The molecule has 10 heteroatoms. The van der Waals surface area contributed by atoms with E-state index >= 15 is 0 Å². The number of aryl methyl sites for hydroxylation is 1. The Labute approximate surface area is 226 Å². The maximum Gasteiger partial charge on any atom is 0.416 e. The van der Waals surface area contributed by atoms with Crippen LogP contribution in [0.15, 0.2) is 36.4 Å². The molecule has 0 bridgehead atoms. The number of alkyl halides is 3. The number of amides is 1. The van der Waals surface area contributed by atoms with Gasteiger partial charge >= 0.3 is 6.18 Å². The molecule has 1 saturated carbocycles. The van der Waals surface area contributed by atoms with Gasteiger partial charge in [-0.2, -0.15) is 13.2 Å². The molecule has 39 heavy (non-hydrogen) atoms. The fourth-order valence-electron chi connectivity index (χ4n) is 5.48. The van der Waals surface area contributed by atoms with Gasteiger partial charge in [-0.05, 0) is 93.8 Å². The van der Waals surface area contributed by atoms with E-state index in [2.05, 4.69) is 27.4 Å². The van der Waals surface area contributed by atoms with E-state index in [1.165, 1.54) is 6.07 Å². The zero-order valence-electron chi connectivity index (χ0n) is 22.7. The highest BCUT2D eigenvalue weighted by molar-refractivity contribution is 5.90. The molecule has 1 heterocycles. The minimum Gasteiger partial charge on any atom is -0.399 e. The number of fused-ring (bicyclic) bond motifs is 1. The number of nitrogens with one attached hydrogen (secondary N) is 1. The molecule has 1 aliphatic rings. The SMILES string of the molecule is Cc1nc(N[C@H](C)c2cc(N)cc(C(F)(F)F)c2)c2cc([C@H]3CC[C@H](C(=O)N(C)C[C@@H](C)O)CC3)ccc2n1. The number of aliphatic hydroxyl groups is 1. The summed E-state index contributed by atoms with van der Waals surface area (Å²) >= 11 is 0. The highest BCUT2D eigenvalue weighted by atomic mass is 19.4. The Morgan fingerprint density at radius 2 is 1.82 bits per heavy atom. The van der Waals surface area contributed by atoms with Crippen LogP contribution in [0, 0.1) is 12.8 Å². The normalized spacial score (nSPS) is 19.5. The molecule has 0 spiro atoms. The first-order chi connectivity index (χ1) is 18.3. The predicted molar refractivity (Wildman–Crippen MR) is 146 cm³/mol. The lowest BCUT2D eigenvalue weighted by Gasteiger charge is -2.31. The summed E-state index contributed by atoms with van der Waals surface area (Å²) in [4.78, 5) is 23.5. The van der Waals surface area contributed by atoms with Crippen molar-refractivity contribution in [2.75, 3.05) is 24.6 Å². The summed E-state index contributed by atoms with van der Waals surface area (Å²) in [5.41, 5.74) is 7.32. The van der Waals surface area contributed by atoms with Crippen molar-refractivity contribution in [3.05, 3.63) is 58.9 Å². The third-order valence-electron chi connectivity index (χ3n) is 7.45. The van der Waals surface area contributed by atoms with Gasteiger partial charge in [0.05, 0.1) is 23.2 Å². The number of anilines is 2. The number of benzene rings is 2. The van der Waals surface area contributed by atoms with Gasteiger partial charge in [-0.3, -0.25) is 4.79 Å². The minimum atomic E-state index is -4.49. The van der Waals surface area contributed by atoms with E-state index in [0.29, 0.717) is 23.8 Å². The van der Waals surface area contributed by atoms with Gasteiger partial charge in [0.25, 0.3) is 0 Å². The van der Waals surface area contributed by atoms with Gasteiger partial charge in [0.15, 0.2) is 0 Å². The Kier molecular flexibility index (Phi) is 8.34. The number of nitrogen functional groups attached to an aromatic ring is 1. The molecular formula is C29H36F3N5O2. The minimum absolute atomic E-state index is 0.0468. The first-order valence-electron chi connectivity index (χ1n) is 13.3. The van der Waals surface area contributed by atoms with E-state index in [4.69, 9.17) is 5.73 Å². The smallest absolute Gasteiger partial charge is 0.399 e. The first-order valence-corrected chi connectivity index (χ1v) is 13.3. The van der Waals surface area contributed by atoms with Crippen LogP contribution in [0.3, 0.4) is 0 Å². The molecule has 1 amide bonds. The number of nitrogens with two attached hydrogens (primary N) is 1. The van der Waals surface area contributed by atoms with Crippen molar-refractivity contribution in [3.63, 3.8) is 0 Å². The number of rotatable bonds is 7. The van der Waals surface area contributed by atoms with Crippen LogP contribution in [-0.2, 0) is 11.0 Å². The molecule has 1 fully saturated rings. The number of aromatic nitrogens is 2. The van der Waals surface area contributed by atoms with Crippen molar-refractivity contribution < 1.29 is 23.1 Å². The fourth-order valence-corrected chi connectivity index (χ4v) is 5.48. The average Bonchev–Trinajstić information content (AvgIpc) is 2.86. The molecule has 3 aromatic rings. The second-order valence-electron chi connectivity index (χ2n) is 10.8. The zero-order valence-corrected chi connectivity index (χ0v) is 22.7. The van der Waals surface area contributed by atoms with Crippen LogP contribution < -0.4 is 11.1 Å². The van der Waals surface area contributed by atoms with Crippen molar-refractivity contribution in [2.45, 2.75) is 70.7 Å². The number of carbonyl (C=O) groups excluding carboxylic acids is 1. The molecule has 0 radical (unpaired) electrons. The second-order valence-corrected chi connectivity index (χ2v) is 10.8. The summed E-state index contributed by atoms with van der Waals surface area (Å²) in [5.74, 6) is 1.40. The third kappa shape index (κ3) is 6.79. The molecule has 4 N–H and O–H groups in total. The third-order valence-corrected chi connectivity index (χ3v) is 7.45. The Morgan fingerprint density at radius 3 is 2.46 bits per heavy atom. The van der Waals surface area contributed by atoms with E-state index in [0.717, 1.165) is 54.3 Å². The van der Waals surface area contributed by atoms with Crippen molar-refractivity contribution in [1.82, 2.24) is 14.9 Å². The van der Waals surface area contributed by atoms with Crippen molar-refractivity contribution in [2.24, 2.45) is 5.92 Å². The Bertz CT molecular complexity index is 1340. The highest BCUT2D eigenvalue weighted by Gasteiger charge is 2.32. The molecule has 1 aromatic heterocycles. The maximum absolute atomic E-state index is 13.4. The van der Waals surface area contributed by atoms with E-state index < -0.39 is 23.9 Å². The summed E-state index contributed by atoms with van der Waals surface area (Å²) in [7, 11) is 1.73. The van der Waals surface area contributed by atoms with E-state index in [1.54, 1.807) is 32.7 Å². The standard InChI is InChI=1S/C29H36F3N5O2/c1-16(38)15-37(4)28(39)20-7-5-19(6-8-20)21-9-10-26-25(13-21)27(36-18(3)35-26)34-17(2)22-11-23(29(30,31)32)14-24(33)12-22/h9-14,16-17,19-20,38H,5-8,15,33H2,1-4H3,(H,34,35,36)/t16-,17-,19-,20-/m1/s1. The van der Waals surface area contributed by atoms with Gasteiger partial charge < -0.3 is 21.1 Å². The summed E-state index contributed by atoms with van der Waals surface area (Å²) in [5, 5.41) is 13.7. The second kappa shape index (κ2) is 11.4. The lowest BCUT2D eigenvalue weighted by Crippen LogP contribution is -2.38. The summed E-state index contributed by atoms with van der Waals surface area (Å²) in [6.07, 6.45) is -1.78. The molecule has 1 aliphatic carbocycles. The first kappa shape index (κ1) is 28.6. The predicted octanol–water partition coefficient (Wildman–Crippen LogP) is 5.83. The molecular weight excluding hydrogens is 507 g/mol. The molecule has 0 unspecified atom stereocenters. The monoisotopic (exact) mass is 543 g/mol. The number of carbonyl (C=O) groups is 1. The van der Waals surface area contributed by atoms with Gasteiger partial charge in [-0.25, -0.2) is 9.97 Å². The number of likely N-dealkylation sites (N-methyl/N-ethyl adjacent to an activating group) is 1. The lowest BCUT2D eigenvalue weighted by molar-refractivity contribution is -0.138. The molecule has 2 aromatic carbocycles. The average molecular weight is 544 g/mol. The highest BCUT2D eigenvalue weighted by Crippen LogP contribution is 2.39. The largest absolute Gasteiger partial charge is 0.416 e. The van der Waals surface area contributed by atoms with Crippen LogP contribution in [0.2, 0.25) is 0 Å². The van der Waals surface area contributed by atoms with E-state index in [9.17, 15) is 23.1 Å². The van der Waals surface area contributed by atoms with Gasteiger partial charge in [0, 0.05) is 30.6 Å². The van der Waals surface area contributed by atoms with Gasteiger partial charge in [0.2, 0.25) is 5.91 Å². The Balaban J connectivity index is 1.55. The molecule has 2 atom stereocenters. The Morgan fingerprint density at radius 1 is 1.13 bits per heavy atom. The molecule has 210 valence electrons. The zero-order chi connectivity index (χ0) is 28.5. The van der Waals surface area contributed by atoms with Crippen LogP contribution in [0.5, 0.6) is 0 Å². The van der Waals surface area contributed by atoms with E-state index in [1.807, 2.05) is 6.07 Å². The van der Waals surface area contributed by atoms with Gasteiger partial charge in [0.1, 0.15) is 11.6 Å². The quantitative estimate of drug-likeness (QED) is 0.324. The van der Waals surface area contributed by atoms with Crippen molar-refractivity contribution in [1.29, 1.82) is 0 Å². The van der Waals surface area contributed by atoms with E-state index in [-0.39, 0.29) is 23.4 Å². The van der Waals surface area contributed by atoms with Crippen LogP contribution in [0.25, 0.3) is 10.9 Å². The maximum atomic E-state index is 13.4. The van der Waals surface area contributed by atoms with Gasteiger partial charge in [-0.15, -0.1) is 0 Å². The molecule has 0 saturated heterocycles. The van der Waals surface area contributed by atoms with Crippen LogP contribution in [0.4, 0.5) is 24.7 Å². The van der Waals surface area contributed by atoms with Gasteiger partial charge in [-0.1, -0.05) is 6.07 Å². The van der Waals surface area contributed by atoms with Crippen molar-refractivity contribution in [3.8, 4) is 0 Å². The van der Waals surface area contributed by atoms with Crippen LogP contribution in [-0.4, -0.2) is 45.6 Å². The number of hydrogen-bond donors (Lipinski definition) is 3. The summed E-state index contributed by atoms with van der Waals surface area (Å²) < 4.78 is 40.1. The summed E-state index contributed by atoms with van der Waals surface area (Å²) in [6, 6.07) is 9.14. The number of aliphatic hydroxyl groups excluding tert-OH is 1. The molecule has 4 rings (SSSR count). The summed E-state index contributed by atoms with van der Waals surface area (Å²) in [6.45, 7) is 5.54. The van der Waals surface area contributed by atoms with Crippen LogP contribution in [0.1, 0.15) is 74.0 Å². The van der Waals surface area contributed by atoms with Crippen molar-refractivity contribution >= 4 is 28.3 Å². The number of hydrogen-bond acceptors (Lipinski definition) is 6. The lowest BCUT2D eigenvalue weighted by atomic mass is 9.78. The Hall–Kier alpha value is -3.40. The molecule has 7 nitrogen and oxygen atoms in total. The number of nitrogens with zero attached hydrogens (tertiary/aromatic N) is 3.